The third-order valence-electron chi connectivity index (χ3n) is 14.2. The Morgan fingerprint density at radius 3 is 1.20 bits per heavy atom. The maximum absolute atomic E-state index is 11.7. The molecule has 0 aromatic rings. The molecule has 0 aromatic carbocycles. The Balaban J connectivity index is 1.08. The van der Waals surface area contributed by atoms with Crippen molar-refractivity contribution in [1.82, 2.24) is 0 Å². The van der Waals surface area contributed by atoms with Crippen LogP contribution in [0.15, 0.2) is 0 Å². The summed E-state index contributed by atoms with van der Waals surface area (Å²) in [4.78, 5) is 0. The van der Waals surface area contributed by atoms with Crippen LogP contribution in [0.2, 0.25) is 0 Å². The number of rotatable bonds is 19. The van der Waals surface area contributed by atoms with Gasteiger partial charge >= 0.3 is 0 Å². The van der Waals surface area contributed by atoms with E-state index >= 15 is 0 Å². The Morgan fingerprint density at radius 1 is 0.355 bits per heavy atom. The van der Waals surface area contributed by atoms with Crippen LogP contribution in [0.5, 0.6) is 0 Å². The van der Waals surface area contributed by atoms with Crippen LogP contribution in [-0.2, 0) is 61.6 Å². The molecule has 0 radical (unpaired) electrons. The minimum absolute atomic E-state index is 0.586. The SMILES string of the molecule is N[C@@H]1[C@@H](O)[C@H](O[C@H]2O[C@H](CO)[C@@H](O)[C@H](O[C@H]3O[C@H](CO)[C@@H](O)[C@H](O[C@@H]4O[C@@H]([C@H](O)CO)[C@H](O[C@@H]5O[C@H](CO)[C@H](O)[C@H](O[C@@H]6O[C@H](CO)[C@H](O)[C@H](O)[C@H]6O[C@H]6OC[C@@H](O)[C@@H](O)[C@@H]6O)[C@H]5O)[C@H]4O)[C@@H]3O)[C@@H]2O)[C@@H](CO)O[C@H]1O. The van der Waals surface area contributed by atoms with Crippen molar-refractivity contribution in [2.45, 2.75) is 209 Å². The topological polar surface area (TPSA) is 571 Å². The molecule has 35 nitrogen and oxygen atoms in total. The molecule has 7 aliphatic heterocycles. The third-order valence-corrected chi connectivity index (χ3v) is 14.2. The minimum atomic E-state index is -2.26. The molecule has 35 heteroatoms. The van der Waals surface area contributed by atoms with Gasteiger partial charge in [0.05, 0.1) is 52.3 Å². The van der Waals surface area contributed by atoms with Crippen molar-refractivity contribution >= 4 is 0 Å². The van der Waals surface area contributed by atoms with Crippen LogP contribution in [0.1, 0.15) is 0 Å². The summed E-state index contributed by atoms with van der Waals surface area (Å²) in [5, 5.41) is 224. The van der Waals surface area contributed by atoms with E-state index < -0.39 is 255 Å². The van der Waals surface area contributed by atoms with E-state index in [1.807, 2.05) is 0 Å². The van der Waals surface area contributed by atoms with E-state index in [1.54, 1.807) is 0 Å². The molecule has 0 spiro atoms. The molecule has 0 aliphatic carbocycles. The lowest BCUT2D eigenvalue weighted by Gasteiger charge is -2.48. The van der Waals surface area contributed by atoms with Gasteiger partial charge in [0.25, 0.3) is 0 Å². The molecule has 0 aromatic heterocycles. The van der Waals surface area contributed by atoms with Gasteiger partial charge in [0.15, 0.2) is 44.0 Å². The molecule has 76 heavy (non-hydrogen) atoms. The summed E-state index contributed by atoms with van der Waals surface area (Å²) < 4.78 is 73.0. The summed E-state index contributed by atoms with van der Waals surface area (Å²) in [5.74, 6) is 0. The van der Waals surface area contributed by atoms with Crippen molar-refractivity contribution in [3.63, 3.8) is 0 Å². The van der Waals surface area contributed by atoms with Gasteiger partial charge in [-0.3, -0.25) is 0 Å². The van der Waals surface area contributed by atoms with E-state index in [2.05, 4.69) is 0 Å². The number of aliphatic hydroxyl groups is 21. The van der Waals surface area contributed by atoms with Gasteiger partial charge in [0.1, 0.15) is 159 Å². The van der Waals surface area contributed by atoms with Gasteiger partial charge in [-0.15, -0.1) is 0 Å². The van der Waals surface area contributed by atoms with Gasteiger partial charge in [0, 0.05) is 0 Å². The molecule has 7 saturated heterocycles. The van der Waals surface area contributed by atoms with Crippen LogP contribution in [0.3, 0.4) is 0 Å². The highest BCUT2D eigenvalue weighted by Crippen LogP contribution is 2.38. The number of hydrogen-bond donors (Lipinski definition) is 22. The number of hydrogen-bond acceptors (Lipinski definition) is 35. The van der Waals surface area contributed by atoms with E-state index in [-0.39, 0.29) is 0 Å². The molecular weight excluding hydrogens is 1050 g/mol. The van der Waals surface area contributed by atoms with Crippen LogP contribution in [-0.4, -0.2) is 362 Å². The Kier molecular flexibility index (Phi) is 21.8. The highest BCUT2D eigenvalue weighted by molar-refractivity contribution is 5.01. The fraction of sp³-hybridized carbons (Fsp3) is 1.00. The molecule has 34 atom stereocenters. The predicted molar refractivity (Wildman–Crippen MR) is 228 cm³/mol. The molecule has 0 unspecified atom stereocenters. The van der Waals surface area contributed by atoms with Gasteiger partial charge in [0.2, 0.25) is 0 Å². The van der Waals surface area contributed by atoms with Crippen molar-refractivity contribution in [1.29, 1.82) is 0 Å². The Labute approximate surface area is 429 Å². The van der Waals surface area contributed by atoms with Gasteiger partial charge in [-0.1, -0.05) is 0 Å². The highest BCUT2D eigenvalue weighted by atomic mass is 16.8. The van der Waals surface area contributed by atoms with Gasteiger partial charge in [-0.05, 0) is 0 Å². The molecule has 7 heterocycles. The largest absolute Gasteiger partial charge is 0.394 e. The average Bonchev–Trinajstić information content (AvgIpc) is 3.71. The van der Waals surface area contributed by atoms with E-state index in [9.17, 15) is 107 Å². The molecule has 0 bridgehead atoms. The predicted octanol–water partition coefficient (Wildman–Crippen LogP) is -15.7. The second-order valence-electron chi connectivity index (χ2n) is 19.2. The van der Waals surface area contributed by atoms with E-state index in [1.165, 1.54) is 0 Å². The van der Waals surface area contributed by atoms with E-state index in [0.29, 0.717) is 0 Å². The third kappa shape index (κ3) is 12.6. The second-order valence-corrected chi connectivity index (χ2v) is 19.2. The molecule has 7 aliphatic rings. The molecule has 0 amide bonds. The molecule has 444 valence electrons. The zero-order chi connectivity index (χ0) is 55.8. The highest BCUT2D eigenvalue weighted by Gasteiger charge is 2.59. The maximum Gasteiger partial charge on any atom is 0.187 e. The first-order valence-electron chi connectivity index (χ1n) is 24.1. The lowest BCUT2D eigenvalue weighted by Crippen LogP contribution is -2.67. The Hall–Kier alpha value is -1.40. The number of aliphatic hydroxyl groups excluding tert-OH is 21. The van der Waals surface area contributed by atoms with E-state index in [4.69, 9.17) is 67.3 Å². The van der Waals surface area contributed by atoms with Gasteiger partial charge in [-0.2, -0.15) is 0 Å². The summed E-state index contributed by atoms with van der Waals surface area (Å²) in [6.45, 7) is -6.57. The van der Waals surface area contributed by atoms with Gasteiger partial charge in [-0.25, -0.2) is 0 Å². The van der Waals surface area contributed by atoms with Crippen molar-refractivity contribution in [2.75, 3.05) is 46.2 Å². The number of nitrogens with two attached hydrogens (primary N) is 1. The average molecular weight is 1120 g/mol. The lowest BCUT2D eigenvalue weighted by atomic mass is 9.95. The van der Waals surface area contributed by atoms with Crippen molar-refractivity contribution in [2.24, 2.45) is 5.73 Å². The van der Waals surface area contributed by atoms with Crippen LogP contribution in [0.4, 0.5) is 0 Å². The quantitative estimate of drug-likeness (QED) is 0.0571. The maximum atomic E-state index is 11.7. The Morgan fingerprint density at radius 2 is 0.737 bits per heavy atom. The fourth-order valence-electron chi connectivity index (χ4n) is 9.73. The number of ether oxygens (including phenoxy) is 13. The van der Waals surface area contributed by atoms with Crippen LogP contribution in [0.25, 0.3) is 0 Å². The summed E-state index contributed by atoms with van der Waals surface area (Å²) in [6.07, 6.45) is -63.8. The standard InChI is InChI=1S/C41H71NO34/c42-15-21(56)29(14(6-48)65-35(15)63)71-37-24(59)30(18(53)11(3-45)66-37)72-38-25(60)31(19(54)12(4-46)67-38)73-40-27(62)33(28(70-40)8(49)1-43)75-39-26(61)32(20(55)13(5-47)68-39)74-41-34(22(57)17(52)10(2-44)69-41)76-36-23(58)16(51)9(50)7-64-36/h8-41,43-63H,1-7,42H2/t8-,9-,10-,11-,12-,13-,14-,15-,16-,17+,18-,19-,20+,21-,22+,23+,24+,25+,26-,27-,28+,29-,30+,31+,32+,33-,34-,35-,36-,37-,38-,39+,40+,41+/m1/s1. The molecule has 7 rings (SSSR count). The lowest BCUT2D eigenvalue weighted by molar-refractivity contribution is -0.386. The zero-order valence-corrected chi connectivity index (χ0v) is 39.9. The van der Waals surface area contributed by atoms with Gasteiger partial charge < -0.3 is 175 Å². The smallest absolute Gasteiger partial charge is 0.187 e. The van der Waals surface area contributed by atoms with Crippen LogP contribution in [0, 0.1) is 0 Å². The molecular formula is C41H71NO34. The Bertz CT molecular complexity index is 1770. The van der Waals surface area contributed by atoms with Crippen LogP contribution >= 0.6 is 0 Å². The first-order valence-corrected chi connectivity index (χ1v) is 24.1. The minimum Gasteiger partial charge on any atom is -0.394 e. The van der Waals surface area contributed by atoms with Crippen molar-refractivity contribution in [3.8, 4) is 0 Å². The normalized spacial score (nSPS) is 52.9. The van der Waals surface area contributed by atoms with E-state index in [0.717, 1.165) is 0 Å². The molecule has 7 fully saturated rings. The zero-order valence-electron chi connectivity index (χ0n) is 39.9. The first-order chi connectivity index (χ1) is 36.0. The second kappa shape index (κ2) is 26.7. The summed E-state index contributed by atoms with van der Waals surface area (Å²) in [6, 6.07) is -1.49. The van der Waals surface area contributed by atoms with Crippen LogP contribution < -0.4 is 5.73 Å². The fourth-order valence-corrected chi connectivity index (χ4v) is 9.73. The first kappa shape index (κ1) is 62.2. The monoisotopic (exact) mass is 1120 g/mol. The summed E-state index contributed by atoms with van der Waals surface area (Å²) in [7, 11) is 0. The summed E-state index contributed by atoms with van der Waals surface area (Å²) in [5.41, 5.74) is 5.78. The van der Waals surface area contributed by atoms with Crippen molar-refractivity contribution in [3.05, 3.63) is 0 Å². The van der Waals surface area contributed by atoms with Crippen molar-refractivity contribution < 1.29 is 169 Å². The molecule has 0 saturated carbocycles. The molecule has 23 N–H and O–H groups in total. The summed E-state index contributed by atoms with van der Waals surface area (Å²) >= 11 is 0.